The molecule has 164 valence electrons. The van der Waals surface area contributed by atoms with Crippen LogP contribution in [0.1, 0.15) is 77.6 Å². The number of amides is 1. The van der Waals surface area contributed by atoms with Crippen molar-refractivity contribution in [1.29, 1.82) is 0 Å². The van der Waals surface area contributed by atoms with Crippen molar-refractivity contribution in [2.24, 2.45) is 17.8 Å². The summed E-state index contributed by atoms with van der Waals surface area (Å²) in [6, 6.07) is 0.533. The van der Waals surface area contributed by atoms with E-state index in [1.165, 1.54) is 37.4 Å². The normalized spacial score (nSPS) is 25.5. The number of carbonyl (C=O) groups is 1. The van der Waals surface area contributed by atoms with Gasteiger partial charge in [0.15, 0.2) is 11.0 Å². The highest BCUT2D eigenvalue weighted by Gasteiger charge is 2.42. The molecule has 6 nitrogen and oxygen atoms in total. The number of fused-ring (bicyclic) bond motifs is 2. The van der Waals surface area contributed by atoms with Crippen LogP contribution < -0.4 is 5.32 Å². The predicted octanol–water partition coefficient (Wildman–Crippen LogP) is 4.12. The maximum Gasteiger partial charge on any atom is 0.230 e. The van der Waals surface area contributed by atoms with Crippen LogP contribution in [-0.4, -0.2) is 51.5 Å². The first-order valence-electron chi connectivity index (χ1n) is 11.5. The molecule has 1 amide bonds. The average Bonchev–Trinajstić information content (AvgIpc) is 3.41. The molecule has 29 heavy (non-hydrogen) atoms. The number of unbranched alkanes of at least 4 members (excludes halogenated alkanes) is 1. The Bertz CT molecular complexity index is 676. The van der Waals surface area contributed by atoms with Crippen LogP contribution in [0.25, 0.3) is 0 Å². The SMILES string of the molecule is CCCCn1c(SCC(=O)NC(C)C2CC3CCC2C3)nnc1C(CC)N(C)C. The molecule has 7 heteroatoms. The number of aromatic nitrogens is 3. The van der Waals surface area contributed by atoms with Crippen molar-refractivity contribution in [2.45, 2.75) is 89.5 Å². The Labute approximate surface area is 180 Å². The molecule has 5 unspecified atom stereocenters. The zero-order valence-electron chi connectivity index (χ0n) is 18.9. The van der Waals surface area contributed by atoms with E-state index >= 15 is 0 Å². The molecule has 1 N–H and O–H groups in total. The Morgan fingerprint density at radius 1 is 1.28 bits per heavy atom. The molecule has 1 aromatic rings. The summed E-state index contributed by atoms with van der Waals surface area (Å²) < 4.78 is 2.23. The summed E-state index contributed by atoms with van der Waals surface area (Å²) in [6.45, 7) is 7.48. The highest BCUT2D eigenvalue weighted by atomic mass is 32.2. The maximum atomic E-state index is 12.6. The fourth-order valence-electron chi connectivity index (χ4n) is 5.40. The molecule has 2 fully saturated rings. The lowest BCUT2D eigenvalue weighted by molar-refractivity contribution is -0.119. The third kappa shape index (κ3) is 5.35. The fourth-order valence-corrected chi connectivity index (χ4v) is 6.18. The number of nitrogens with one attached hydrogen (secondary N) is 1. The average molecular weight is 422 g/mol. The van der Waals surface area contributed by atoms with Gasteiger partial charge in [0.05, 0.1) is 11.8 Å². The van der Waals surface area contributed by atoms with Crippen molar-refractivity contribution in [1.82, 2.24) is 25.0 Å². The first-order chi connectivity index (χ1) is 13.9. The number of rotatable bonds is 11. The lowest BCUT2D eigenvalue weighted by atomic mass is 9.84. The molecule has 0 aromatic carbocycles. The van der Waals surface area contributed by atoms with E-state index in [4.69, 9.17) is 0 Å². The summed E-state index contributed by atoms with van der Waals surface area (Å²) in [6.07, 6.45) is 8.66. The number of thioether (sulfide) groups is 1. The van der Waals surface area contributed by atoms with E-state index in [0.29, 0.717) is 11.7 Å². The Morgan fingerprint density at radius 2 is 2.07 bits per heavy atom. The van der Waals surface area contributed by atoms with Gasteiger partial charge in [-0.2, -0.15) is 0 Å². The van der Waals surface area contributed by atoms with Crippen molar-refractivity contribution < 1.29 is 4.79 Å². The molecule has 0 radical (unpaired) electrons. The van der Waals surface area contributed by atoms with Crippen LogP contribution in [-0.2, 0) is 11.3 Å². The van der Waals surface area contributed by atoms with E-state index in [9.17, 15) is 4.79 Å². The molecule has 2 aliphatic rings. The highest BCUT2D eigenvalue weighted by Crippen LogP contribution is 2.49. The maximum absolute atomic E-state index is 12.6. The fraction of sp³-hybridized carbons (Fsp3) is 0.864. The molecule has 2 saturated carbocycles. The Balaban J connectivity index is 1.58. The first kappa shape index (κ1) is 22.6. The van der Waals surface area contributed by atoms with Crippen LogP contribution in [0.3, 0.4) is 0 Å². The minimum atomic E-state index is 0.122. The summed E-state index contributed by atoms with van der Waals surface area (Å²) in [7, 11) is 4.18. The zero-order valence-corrected chi connectivity index (χ0v) is 19.7. The lowest BCUT2D eigenvalue weighted by Crippen LogP contribution is -2.41. The van der Waals surface area contributed by atoms with Crippen LogP contribution in [0.4, 0.5) is 0 Å². The standard InChI is InChI=1S/C22H39N5OS/c1-6-8-11-27-21(19(7-2)26(4)5)24-25-22(27)29-14-20(28)23-15(3)18-13-16-9-10-17(18)12-16/h15-19H,6-14H2,1-5H3,(H,23,28). The summed E-state index contributed by atoms with van der Waals surface area (Å²) in [4.78, 5) is 14.8. The van der Waals surface area contributed by atoms with Gasteiger partial charge in [0.2, 0.25) is 5.91 Å². The topological polar surface area (TPSA) is 63.1 Å². The van der Waals surface area contributed by atoms with Crippen molar-refractivity contribution in [3.05, 3.63) is 5.82 Å². The van der Waals surface area contributed by atoms with Gasteiger partial charge in [-0.3, -0.25) is 9.69 Å². The van der Waals surface area contributed by atoms with Gasteiger partial charge in [0, 0.05) is 12.6 Å². The van der Waals surface area contributed by atoms with E-state index in [0.717, 1.165) is 48.6 Å². The summed E-state index contributed by atoms with van der Waals surface area (Å²) in [5.41, 5.74) is 0. The molecule has 0 aliphatic heterocycles. The molecule has 0 spiro atoms. The number of carbonyl (C=O) groups excluding carboxylic acids is 1. The predicted molar refractivity (Wildman–Crippen MR) is 119 cm³/mol. The van der Waals surface area contributed by atoms with E-state index in [-0.39, 0.29) is 18.0 Å². The molecule has 5 atom stereocenters. The van der Waals surface area contributed by atoms with Crippen LogP contribution in [0.5, 0.6) is 0 Å². The summed E-state index contributed by atoms with van der Waals surface area (Å²) in [5, 5.41) is 13.1. The van der Waals surface area contributed by atoms with Gasteiger partial charge in [0.1, 0.15) is 0 Å². The van der Waals surface area contributed by atoms with Crippen LogP contribution in [0, 0.1) is 17.8 Å². The van der Waals surface area contributed by atoms with Gasteiger partial charge >= 0.3 is 0 Å². The molecule has 2 aliphatic carbocycles. The van der Waals surface area contributed by atoms with E-state index in [1.54, 1.807) is 0 Å². The minimum Gasteiger partial charge on any atom is -0.353 e. The molecule has 2 bridgehead atoms. The summed E-state index contributed by atoms with van der Waals surface area (Å²) in [5.74, 6) is 3.97. The van der Waals surface area contributed by atoms with Crippen molar-refractivity contribution in [3.63, 3.8) is 0 Å². The van der Waals surface area contributed by atoms with Gasteiger partial charge < -0.3 is 9.88 Å². The molecule has 0 saturated heterocycles. The zero-order chi connectivity index (χ0) is 21.0. The number of nitrogens with zero attached hydrogens (tertiary/aromatic N) is 4. The van der Waals surface area contributed by atoms with Crippen LogP contribution >= 0.6 is 11.8 Å². The monoisotopic (exact) mass is 421 g/mol. The largest absolute Gasteiger partial charge is 0.353 e. The molecule has 3 rings (SSSR count). The van der Waals surface area contributed by atoms with Gasteiger partial charge in [0.25, 0.3) is 0 Å². The third-order valence-electron chi connectivity index (χ3n) is 6.94. The van der Waals surface area contributed by atoms with E-state index < -0.39 is 0 Å². The van der Waals surface area contributed by atoms with Gasteiger partial charge in [-0.25, -0.2) is 0 Å². The number of hydrogen-bond acceptors (Lipinski definition) is 5. The second-order valence-corrected chi connectivity index (χ2v) is 10.2. The molecule has 1 aromatic heterocycles. The third-order valence-corrected chi connectivity index (χ3v) is 7.91. The van der Waals surface area contributed by atoms with Crippen LogP contribution in [0.15, 0.2) is 5.16 Å². The van der Waals surface area contributed by atoms with Gasteiger partial charge in [-0.05, 0) is 70.9 Å². The Kier molecular flexibility index (Phi) is 8.02. The Morgan fingerprint density at radius 3 is 2.66 bits per heavy atom. The van der Waals surface area contributed by atoms with Crippen molar-refractivity contribution in [2.75, 3.05) is 19.8 Å². The number of hydrogen-bond donors (Lipinski definition) is 1. The molecule has 1 heterocycles. The molecular weight excluding hydrogens is 382 g/mol. The first-order valence-corrected chi connectivity index (χ1v) is 12.4. The van der Waals surface area contributed by atoms with Crippen molar-refractivity contribution in [3.8, 4) is 0 Å². The van der Waals surface area contributed by atoms with Crippen LogP contribution in [0.2, 0.25) is 0 Å². The quantitative estimate of drug-likeness (QED) is 0.545. The van der Waals surface area contributed by atoms with E-state index in [2.05, 4.69) is 59.8 Å². The van der Waals surface area contributed by atoms with Crippen molar-refractivity contribution >= 4 is 17.7 Å². The molecular formula is C22H39N5OS. The second-order valence-electron chi connectivity index (χ2n) is 9.22. The van der Waals surface area contributed by atoms with E-state index in [1.807, 2.05) is 0 Å². The lowest BCUT2D eigenvalue weighted by Gasteiger charge is -2.28. The second kappa shape index (κ2) is 10.3. The highest BCUT2D eigenvalue weighted by molar-refractivity contribution is 7.99. The van der Waals surface area contributed by atoms with Gasteiger partial charge in [-0.15, -0.1) is 10.2 Å². The van der Waals surface area contributed by atoms with Gasteiger partial charge in [-0.1, -0.05) is 38.5 Å². The minimum absolute atomic E-state index is 0.122. The smallest absolute Gasteiger partial charge is 0.230 e. The Hall–Kier alpha value is -1.08. The summed E-state index contributed by atoms with van der Waals surface area (Å²) >= 11 is 1.52.